The molecule has 0 aliphatic carbocycles. The topological polar surface area (TPSA) is 158 Å². The monoisotopic (exact) mass is 324 g/mol. The number of hydrogen-bond acceptors (Lipinski definition) is 10. The number of hydrogen-bond donors (Lipinski definition) is 6. The third kappa shape index (κ3) is 2.12. The van der Waals surface area contributed by atoms with E-state index in [1.165, 1.54) is 0 Å². The normalized spacial score (nSPS) is 54.8. The summed E-state index contributed by atoms with van der Waals surface area (Å²) in [5.74, 6) is -3.49. The molecule has 0 saturated carbocycles. The highest BCUT2D eigenvalue weighted by Crippen LogP contribution is 2.45. The van der Waals surface area contributed by atoms with Gasteiger partial charge in [0.2, 0.25) is 11.6 Å². The van der Waals surface area contributed by atoms with Gasteiger partial charge in [-0.15, -0.1) is 0 Å². The number of aliphatic hydroxyl groups excluding tert-OH is 6. The molecule has 3 aliphatic heterocycles. The largest absolute Gasteiger partial charge is 0.394 e. The highest BCUT2D eigenvalue weighted by Gasteiger charge is 2.67. The van der Waals surface area contributed by atoms with Gasteiger partial charge < -0.3 is 49.6 Å². The van der Waals surface area contributed by atoms with Gasteiger partial charge in [-0.3, -0.25) is 0 Å². The molecule has 0 aromatic heterocycles. The third-order valence-electron chi connectivity index (χ3n) is 4.41. The standard InChI is InChI=1S/C12H20O10/c13-1-5-7(16)9(18)12(21-5)4-19-11(3-15)10(22-12)8(17)6(2-14)20-11/h5-10,13-18H,1-4H2/t5-,6-,7-,8-,9+,10+,11?,12?/m1/s1. The quantitative estimate of drug-likeness (QED) is 0.299. The summed E-state index contributed by atoms with van der Waals surface area (Å²) in [5.41, 5.74) is 0. The lowest BCUT2D eigenvalue weighted by Crippen LogP contribution is -2.65. The summed E-state index contributed by atoms with van der Waals surface area (Å²) >= 11 is 0. The van der Waals surface area contributed by atoms with Gasteiger partial charge in [-0.1, -0.05) is 0 Å². The van der Waals surface area contributed by atoms with Gasteiger partial charge in [0.15, 0.2) is 0 Å². The maximum atomic E-state index is 10.1. The molecule has 0 amide bonds. The Morgan fingerprint density at radius 1 is 0.864 bits per heavy atom. The van der Waals surface area contributed by atoms with Gasteiger partial charge in [-0.2, -0.15) is 0 Å². The van der Waals surface area contributed by atoms with Gasteiger partial charge in [0.1, 0.15) is 49.8 Å². The second-order valence-corrected chi connectivity index (χ2v) is 5.71. The number of fused-ring (bicyclic) bond motifs is 1. The first-order valence-electron chi connectivity index (χ1n) is 6.97. The Kier molecular flexibility index (Phi) is 4.19. The zero-order chi connectivity index (χ0) is 16.1. The van der Waals surface area contributed by atoms with Crippen LogP contribution in [0.5, 0.6) is 0 Å². The van der Waals surface area contributed by atoms with E-state index in [1.54, 1.807) is 0 Å². The van der Waals surface area contributed by atoms with E-state index in [-0.39, 0.29) is 0 Å². The van der Waals surface area contributed by atoms with Gasteiger partial charge in [-0.05, 0) is 0 Å². The summed E-state index contributed by atoms with van der Waals surface area (Å²) in [6, 6.07) is 0. The lowest BCUT2D eigenvalue weighted by molar-refractivity contribution is -0.411. The molecule has 3 heterocycles. The Hall–Kier alpha value is -0.400. The minimum Gasteiger partial charge on any atom is -0.394 e. The summed E-state index contributed by atoms with van der Waals surface area (Å²) in [6.07, 6.45) is -7.62. The molecule has 0 aromatic rings. The SMILES string of the molecule is OC[C@H]1OC2(COC3(CO)O[C@H](CO)[C@@H](O)[C@@H]3O2)[C@@H](O)[C@@H]1O. The Morgan fingerprint density at radius 2 is 1.50 bits per heavy atom. The molecule has 10 nitrogen and oxygen atoms in total. The van der Waals surface area contributed by atoms with Gasteiger partial charge >= 0.3 is 0 Å². The molecule has 3 rings (SSSR count). The van der Waals surface area contributed by atoms with Crippen LogP contribution in [0.3, 0.4) is 0 Å². The van der Waals surface area contributed by atoms with Gasteiger partial charge in [0, 0.05) is 0 Å². The van der Waals surface area contributed by atoms with Gasteiger partial charge in [0.05, 0.1) is 13.2 Å². The Morgan fingerprint density at radius 3 is 2.05 bits per heavy atom. The molecule has 0 bridgehead atoms. The van der Waals surface area contributed by atoms with Crippen molar-refractivity contribution in [2.45, 2.75) is 48.2 Å². The summed E-state index contributed by atoms with van der Waals surface area (Å²) in [7, 11) is 0. The molecule has 3 aliphatic rings. The summed E-state index contributed by atoms with van der Waals surface area (Å²) < 4.78 is 21.7. The first-order chi connectivity index (χ1) is 10.4. The van der Waals surface area contributed by atoms with Crippen LogP contribution in [0.15, 0.2) is 0 Å². The second kappa shape index (κ2) is 5.60. The highest BCUT2D eigenvalue weighted by molar-refractivity contribution is 5.06. The zero-order valence-corrected chi connectivity index (χ0v) is 11.6. The van der Waals surface area contributed by atoms with Crippen molar-refractivity contribution >= 4 is 0 Å². The van der Waals surface area contributed by atoms with Crippen molar-refractivity contribution in [1.29, 1.82) is 0 Å². The van der Waals surface area contributed by atoms with Gasteiger partial charge in [0.25, 0.3) is 0 Å². The lowest BCUT2D eigenvalue weighted by Gasteiger charge is -2.46. The van der Waals surface area contributed by atoms with Crippen LogP contribution in [0.2, 0.25) is 0 Å². The van der Waals surface area contributed by atoms with Crippen LogP contribution in [-0.4, -0.2) is 105 Å². The average Bonchev–Trinajstić information content (AvgIpc) is 2.95. The van der Waals surface area contributed by atoms with Crippen molar-refractivity contribution in [2.75, 3.05) is 26.4 Å². The molecular formula is C12H20O10. The highest BCUT2D eigenvalue weighted by atomic mass is 16.8. The van der Waals surface area contributed by atoms with Crippen LogP contribution < -0.4 is 0 Å². The summed E-state index contributed by atoms with van der Waals surface area (Å²) in [5, 5.41) is 58.0. The maximum absolute atomic E-state index is 10.1. The van der Waals surface area contributed by atoms with Crippen LogP contribution in [0.25, 0.3) is 0 Å². The number of aliphatic hydroxyl groups is 6. The van der Waals surface area contributed by atoms with Crippen molar-refractivity contribution in [3.63, 3.8) is 0 Å². The molecule has 1 spiro atoms. The molecule has 128 valence electrons. The first-order valence-corrected chi connectivity index (χ1v) is 6.97. The molecule has 2 unspecified atom stereocenters. The van der Waals surface area contributed by atoms with E-state index < -0.39 is 74.6 Å². The summed E-state index contributed by atoms with van der Waals surface area (Å²) in [4.78, 5) is 0. The fourth-order valence-electron chi connectivity index (χ4n) is 3.13. The van der Waals surface area contributed by atoms with Crippen molar-refractivity contribution in [3.05, 3.63) is 0 Å². The average molecular weight is 324 g/mol. The Labute approximate surface area is 125 Å². The van der Waals surface area contributed by atoms with Crippen LogP contribution >= 0.6 is 0 Å². The molecule has 0 aromatic carbocycles. The van der Waals surface area contributed by atoms with Gasteiger partial charge in [-0.25, -0.2) is 0 Å². The van der Waals surface area contributed by atoms with E-state index in [0.717, 1.165) is 0 Å². The minimum absolute atomic E-state index is 0.399. The van der Waals surface area contributed by atoms with Crippen molar-refractivity contribution < 1.29 is 49.6 Å². The van der Waals surface area contributed by atoms with Crippen LogP contribution in [0.4, 0.5) is 0 Å². The van der Waals surface area contributed by atoms with E-state index in [4.69, 9.17) is 24.1 Å². The molecule has 6 N–H and O–H groups in total. The maximum Gasteiger partial charge on any atom is 0.222 e. The molecule has 3 fully saturated rings. The molecule has 10 heteroatoms. The molecule has 0 radical (unpaired) electrons. The van der Waals surface area contributed by atoms with E-state index >= 15 is 0 Å². The molecule has 8 atom stereocenters. The van der Waals surface area contributed by atoms with E-state index in [9.17, 15) is 25.5 Å². The predicted octanol–water partition coefficient (Wildman–Crippen LogP) is -4.35. The van der Waals surface area contributed by atoms with Crippen LogP contribution in [0.1, 0.15) is 0 Å². The van der Waals surface area contributed by atoms with Crippen molar-refractivity contribution in [1.82, 2.24) is 0 Å². The Bertz CT molecular complexity index is 421. The van der Waals surface area contributed by atoms with E-state index in [2.05, 4.69) is 0 Å². The smallest absolute Gasteiger partial charge is 0.222 e. The lowest BCUT2D eigenvalue weighted by atomic mass is 9.99. The van der Waals surface area contributed by atoms with E-state index in [0.29, 0.717) is 0 Å². The fraction of sp³-hybridized carbons (Fsp3) is 1.00. The predicted molar refractivity (Wildman–Crippen MR) is 65.3 cm³/mol. The first kappa shape index (κ1) is 16.5. The van der Waals surface area contributed by atoms with Crippen molar-refractivity contribution in [2.24, 2.45) is 0 Å². The second-order valence-electron chi connectivity index (χ2n) is 5.71. The van der Waals surface area contributed by atoms with E-state index in [1.807, 2.05) is 0 Å². The number of rotatable bonds is 3. The fourth-order valence-corrected chi connectivity index (χ4v) is 3.13. The Balaban J connectivity index is 1.86. The molecular weight excluding hydrogens is 304 g/mol. The third-order valence-corrected chi connectivity index (χ3v) is 4.41. The molecule has 22 heavy (non-hydrogen) atoms. The van der Waals surface area contributed by atoms with Crippen LogP contribution in [0, 0.1) is 0 Å². The van der Waals surface area contributed by atoms with Crippen LogP contribution in [-0.2, 0) is 18.9 Å². The van der Waals surface area contributed by atoms with Crippen molar-refractivity contribution in [3.8, 4) is 0 Å². The summed E-state index contributed by atoms with van der Waals surface area (Å²) in [6.45, 7) is -2.12. The number of ether oxygens (including phenoxy) is 4. The zero-order valence-electron chi connectivity index (χ0n) is 11.6. The minimum atomic E-state index is -1.80. The molecule has 3 saturated heterocycles.